The van der Waals surface area contributed by atoms with E-state index in [-0.39, 0.29) is 38.4 Å². The van der Waals surface area contributed by atoms with E-state index in [0.29, 0.717) is 37.6 Å². The van der Waals surface area contributed by atoms with Crippen LogP contribution in [0.1, 0.15) is 12.8 Å². The number of carbonyl (C=O) groups is 2. The number of thiol groups is 2. The first kappa shape index (κ1) is 22.8. The van der Waals surface area contributed by atoms with Gasteiger partial charge in [-0.05, 0) is 0 Å². The predicted octanol–water partition coefficient (Wildman–Crippen LogP) is -0.300. The number of aliphatic hydroxyl groups is 2. The van der Waals surface area contributed by atoms with Crippen LogP contribution in [0.2, 0.25) is 0 Å². The molecule has 0 unspecified atom stereocenters. The van der Waals surface area contributed by atoms with E-state index in [2.05, 4.69) is 25.3 Å². The van der Waals surface area contributed by atoms with Crippen LogP contribution in [-0.4, -0.2) is 73.3 Å². The van der Waals surface area contributed by atoms with Gasteiger partial charge in [-0.25, -0.2) is 0 Å². The fourth-order valence-corrected chi connectivity index (χ4v) is 1.22. The van der Waals surface area contributed by atoms with Crippen LogP contribution in [0.25, 0.3) is 0 Å². The first-order chi connectivity index (χ1) is 10.1. The molecule has 0 aliphatic heterocycles. The first-order valence-electron chi connectivity index (χ1n) is 6.44. The Morgan fingerprint density at radius 1 is 0.762 bits per heavy atom. The van der Waals surface area contributed by atoms with E-state index in [0.717, 1.165) is 0 Å². The minimum Gasteiger partial charge on any atom is -0.463 e. The van der Waals surface area contributed by atoms with Crippen LogP contribution in [0.15, 0.2) is 0 Å². The topological polar surface area (TPSA) is 102 Å². The smallest absolute Gasteiger partial charge is 0.306 e. The van der Waals surface area contributed by atoms with Gasteiger partial charge in [0.25, 0.3) is 0 Å². The van der Waals surface area contributed by atoms with Crippen molar-refractivity contribution in [1.29, 1.82) is 0 Å². The largest absolute Gasteiger partial charge is 0.463 e. The van der Waals surface area contributed by atoms with E-state index in [4.69, 9.17) is 24.4 Å². The van der Waals surface area contributed by atoms with Gasteiger partial charge in [-0.2, -0.15) is 25.3 Å². The summed E-state index contributed by atoms with van der Waals surface area (Å²) in [6.45, 7) is 0.749. The van der Waals surface area contributed by atoms with Crippen molar-refractivity contribution in [3.05, 3.63) is 0 Å². The van der Waals surface area contributed by atoms with E-state index >= 15 is 0 Å². The summed E-state index contributed by atoms with van der Waals surface area (Å²) in [7, 11) is 0. The minimum absolute atomic E-state index is 0.125. The van der Waals surface area contributed by atoms with Crippen LogP contribution in [0.3, 0.4) is 0 Å². The molecule has 0 spiro atoms. The predicted molar refractivity (Wildman–Crippen MR) is 83.8 cm³/mol. The fraction of sp³-hybridized carbons (Fsp3) is 0.833. The summed E-state index contributed by atoms with van der Waals surface area (Å²) in [4.78, 5) is 21.8. The molecule has 0 radical (unpaired) electrons. The quantitative estimate of drug-likeness (QED) is 0.232. The number of esters is 2. The molecule has 0 heterocycles. The van der Waals surface area contributed by atoms with Crippen LogP contribution in [0.4, 0.5) is 0 Å². The second-order valence-corrected chi connectivity index (χ2v) is 4.34. The van der Waals surface area contributed by atoms with Crippen molar-refractivity contribution < 1.29 is 34.0 Å². The third-order valence-electron chi connectivity index (χ3n) is 1.71. The van der Waals surface area contributed by atoms with Gasteiger partial charge in [-0.15, -0.1) is 0 Å². The Morgan fingerprint density at radius 2 is 1.14 bits per heavy atom. The number of carbonyl (C=O) groups excluding carboxylic acids is 2. The average Bonchev–Trinajstić information content (AvgIpc) is 2.47. The van der Waals surface area contributed by atoms with E-state index in [1.54, 1.807) is 0 Å². The lowest BCUT2D eigenvalue weighted by atomic mass is 10.5. The zero-order valence-electron chi connectivity index (χ0n) is 11.9. The van der Waals surface area contributed by atoms with E-state index in [1.165, 1.54) is 0 Å². The molecule has 0 rings (SSSR count). The highest BCUT2D eigenvalue weighted by Crippen LogP contribution is 1.91. The normalized spacial score (nSPS) is 9.52. The molecule has 7 nitrogen and oxygen atoms in total. The molecule has 0 atom stereocenters. The number of rotatable bonds is 11. The highest BCUT2D eigenvalue weighted by Gasteiger charge is 2.01. The zero-order chi connectivity index (χ0) is 16.3. The van der Waals surface area contributed by atoms with Crippen molar-refractivity contribution in [3.63, 3.8) is 0 Å². The lowest BCUT2D eigenvalue weighted by molar-refractivity contribution is -0.146. The third kappa shape index (κ3) is 22.0. The Balaban J connectivity index is 0. The van der Waals surface area contributed by atoms with Gasteiger partial charge < -0.3 is 24.4 Å². The van der Waals surface area contributed by atoms with Gasteiger partial charge in [-0.1, -0.05) is 0 Å². The zero-order valence-corrected chi connectivity index (χ0v) is 13.7. The SMILES string of the molecule is O=C(CCS)OCCOCCOC(=O)CCS.OCCO. The van der Waals surface area contributed by atoms with Gasteiger partial charge >= 0.3 is 11.9 Å². The number of ether oxygens (including phenoxy) is 3. The molecule has 0 fully saturated rings. The molecule has 2 N–H and O–H groups in total. The third-order valence-corrected chi connectivity index (χ3v) is 2.16. The highest BCUT2D eigenvalue weighted by molar-refractivity contribution is 7.80. The van der Waals surface area contributed by atoms with Crippen LogP contribution >= 0.6 is 25.3 Å². The average molecular weight is 344 g/mol. The summed E-state index contributed by atoms with van der Waals surface area (Å²) in [5.41, 5.74) is 0. The second-order valence-electron chi connectivity index (χ2n) is 3.45. The van der Waals surface area contributed by atoms with Crippen molar-refractivity contribution in [3.8, 4) is 0 Å². The van der Waals surface area contributed by atoms with Gasteiger partial charge in [0.05, 0.1) is 39.3 Å². The van der Waals surface area contributed by atoms with Crippen LogP contribution < -0.4 is 0 Å². The van der Waals surface area contributed by atoms with Crippen molar-refractivity contribution in [1.82, 2.24) is 0 Å². The molecule has 0 aromatic carbocycles. The summed E-state index contributed by atoms with van der Waals surface area (Å²) in [5.74, 6) is 0.370. The molecule has 0 saturated heterocycles. The summed E-state index contributed by atoms with van der Waals surface area (Å²) in [6.07, 6.45) is 0.592. The van der Waals surface area contributed by atoms with Crippen molar-refractivity contribution in [2.45, 2.75) is 12.8 Å². The number of hydrogen-bond donors (Lipinski definition) is 4. The molecular formula is C12H24O7S2. The van der Waals surface area contributed by atoms with E-state index in [1.807, 2.05) is 0 Å². The molecule has 0 aromatic rings. The molecule has 0 aromatic heterocycles. The maximum Gasteiger partial charge on any atom is 0.306 e. The van der Waals surface area contributed by atoms with Gasteiger partial charge in [-0.3, -0.25) is 9.59 Å². The lowest BCUT2D eigenvalue weighted by Crippen LogP contribution is -2.14. The van der Waals surface area contributed by atoms with Crippen molar-refractivity contribution >= 4 is 37.2 Å². The van der Waals surface area contributed by atoms with Gasteiger partial charge in [0.1, 0.15) is 13.2 Å². The number of hydrogen-bond acceptors (Lipinski definition) is 9. The maximum atomic E-state index is 10.9. The number of aliphatic hydroxyl groups excluding tert-OH is 2. The minimum atomic E-state index is -0.288. The van der Waals surface area contributed by atoms with E-state index in [9.17, 15) is 9.59 Å². The highest BCUT2D eigenvalue weighted by atomic mass is 32.1. The molecule has 0 amide bonds. The Hall–Kier alpha value is -0.480. The fourth-order valence-electron chi connectivity index (χ4n) is 0.858. The van der Waals surface area contributed by atoms with Crippen LogP contribution in [-0.2, 0) is 23.8 Å². The van der Waals surface area contributed by atoms with Crippen molar-refractivity contribution in [2.24, 2.45) is 0 Å². The Morgan fingerprint density at radius 3 is 1.43 bits per heavy atom. The molecule has 0 bridgehead atoms. The summed E-state index contributed by atoms with van der Waals surface area (Å²) in [6, 6.07) is 0. The Bertz CT molecular complexity index is 228. The van der Waals surface area contributed by atoms with Gasteiger partial charge in [0, 0.05) is 11.5 Å². The van der Waals surface area contributed by atoms with Gasteiger partial charge in [0.2, 0.25) is 0 Å². The molecule has 0 aliphatic carbocycles. The Labute approximate surface area is 135 Å². The molecule has 9 heteroatoms. The standard InChI is InChI=1S/C10H18O5S2.C2H6O2/c11-9(1-7-16)14-5-3-13-4-6-15-10(12)2-8-17;3-1-2-4/h16-17H,1-8H2;3-4H,1-2H2. The second kappa shape index (κ2) is 19.5. The summed E-state index contributed by atoms with van der Waals surface area (Å²) in [5, 5.41) is 15.2. The monoisotopic (exact) mass is 344 g/mol. The first-order valence-corrected chi connectivity index (χ1v) is 7.71. The summed E-state index contributed by atoms with van der Waals surface area (Å²) < 4.78 is 14.7. The van der Waals surface area contributed by atoms with Crippen LogP contribution in [0, 0.1) is 0 Å². The van der Waals surface area contributed by atoms with Crippen LogP contribution in [0.5, 0.6) is 0 Å². The molecule has 0 saturated carbocycles. The molecule has 126 valence electrons. The molecule has 0 aliphatic rings. The molecule has 21 heavy (non-hydrogen) atoms. The van der Waals surface area contributed by atoms with E-state index < -0.39 is 0 Å². The lowest BCUT2D eigenvalue weighted by Gasteiger charge is -2.06. The maximum absolute atomic E-state index is 10.9. The Kier molecular flexibility index (Phi) is 21.2. The molecular weight excluding hydrogens is 320 g/mol. The van der Waals surface area contributed by atoms with Gasteiger partial charge in [0.15, 0.2) is 0 Å². The summed E-state index contributed by atoms with van der Waals surface area (Å²) >= 11 is 7.80. The van der Waals surface area contributed by atoms with Crippen molar-refractivity contribution in [2.75, 3.05) is 51.1 Å².